The summed E-state index contributed by atoms with van der Waals surface area (Å²) < 4.78 is 6.28. The van der Waals surface area contributed by atoms with Crippen LogP contribution < -0.4 is 10.2 Å². The van der Waals surface area contributed by atoms with E-state index in [0.717, 1.165) is 21.9 Å². The quantitative estimate of drug-likeness (QED) is 0.264. The smallest absolute Gasteiger partial charge is 0.311 e. The van der Waals surface area contributed by atoms with Crippen LogP contribution in [0.1, 0.15) is 5.56 Å². The van der Waals surface area contributed by atoms with Crippen LogP contribution >= 0.6 is 22.6 Å². The van der Waals surface area contributed by atoms with Crippen LogP contribution in [-0.2, 0) is 4.79 Å². The monoisotopic (exact) mass is 457 g/mol. The van der Waals surface area contributed by atoms with Crippen molar-refractivity contribution in [2.45, 2.75) is 0 Å². The number of phenolic OH excluding ortho intramolecular Hbond substituents is 2. The van der Waals surface area contributed by atoms with Gasteiger partial charge in [-0.1, -0.05) is 0 Å². The second-order valence-electron chi connectivity index (χ2n) is 4.69. The highest BCUT2D eigenvalue weighted by atomic mass is 127. The number of nitrogens with one attached hydrogen (secondary N) is 1. The molecule has 0 heterocycles. The van der Waals surface area contributed by atoms with Gasteiger partial charge in [0.05, 0.1) is 11.1 Å². The first-order valence-corrected chi connectivity index (χ1v) is 7.85. The van der Waals surface area contributed by atoms with E-state index in [4.69, 9.17) is 4.74 Å². The first kappa shape index (κ1) is 18.4. The number of hydrogen-bond donors (Lipinski definition) is 3. The van der Waals surface area contributed by atoms with E-state index >= 15 is 0 Å². The van der Waals surface area contributed by atoms with E-state index in [1.54, 1.807) is 12.1 Å². The number of ether oxygens (including phenoxy) is 1. The average molecular weight is 457 g/mol. The van der Waals surface area contributed by atoms with E-state index in [0.29, 0.717) is 5.75 Å². The Hall–Kier alpha value is -2.89. The first-order chi connectivity index (χ1) is 11.9. The van der Waals surface area contributed by atoms with E-state index < -0.39 is 28.0 Å². The number of halogens is 1. The molecule has 2 aromatic carbocycles. The van der Waals surface area contributed by atoms with Gasteiger partial charge in [-0.25, -0.2) is 5.43 Å². The van der Waals surface area contributed by atoms with E-state index in [1.807, 2.05) is 12.1 Å². The molecule has 0 atom stereocenters. The van der Waals surface area contributed by atoms with Crippen LogP contribution in [0.15, 0.2) is 41.5 Å². The molecule has 0 aromatic heterocycles. The number of rotatable bonds is 6. The third-order valence-corrected chi connectivity index (χ3v) is 3.62. The first-order valence-electron chi connectivity index (χ1n) is 6.77. The Morgan fingerprint density at radius 1 is 1.28 bits per heavy atom. The zero-order valence-electron chi connectivity index (χ0n) is 12.5. The topological polar surface area (TPSA) is 134 Å². The van der Waals surface area contributed by atoms with Gasteiger partial charge in [0.15, 0.2) is 12.4 Å². The van der Waals surface area contributed by atoms with E-state index in [1.165, 1.54) is 0 Å². The molecule has 0 saturated heterocycles. The molecule has 0 spiro atoms. The van der Waals surface area contributed by atoms with Crippen LogP contribution in [-0.4, -0.2) is 33.9 Å². The fourth-order valence-electron chi connectivity index (χ4n) is 1.72. The second-order valence-corrected chi connectivity index (χ2v) is 5.94. The molecule has 0 aliphatic carbocycles. The molecule has 0 bridgehead atoms. The molecule has 0 saturated carbocycles. The van der Waals surface area contributed by atoms with Crippen LogP contribution in [0.25, 0.3) is 0 Å². The summed E-state index contributed by atoms with van der Waals surface area (Å²) in [5.41, 5.74) is 1.54. The highest BCUT2D eigenvalue weighted by Crippen LogP contribution is 2.31. The van der Waals surface area contributed by atoms with Gasteiger partial charge >= 0.3 is 5.69 Å². The molecule has 0 fully saturated rings. The molecule has 0 radical (unpaired) electrons. The van der Waals surface area contributed by atoms with Crippen molar-refractivity contribution < 1.29 is 24.7 Å². The lowest BCUT2D eigenvalue weighted by Gasteiger charge is -2.05. The van der Waals surface area contributed by atoms with Crippen LogP contribution in [0, 0.1) is 13.7 Å². The third kappa shape index (κ3) is 5.31. The summed E-state index contributed by atoms with van der Waals surface area (Å²) in [4.78, 5) is 21.6. The number of carbonyl (C=O) groups is 1. The number of hydrazone groups is 1. The summed E-state index contributed by atoms with van der Waals surface area (Å²) in [5.74, 6) is -1.13. The van der Waals surface area contributed by atoms with Crippen molar-refractivity contribution in [1.29, 1.82) is 0 Å². The standard InChI is InChI=1S/C15H12IN3O6/c16-10-1-3-11(4-2-10)25-8-15(22)18-17-7-9-5-12(19(23)24)14(21)6-13(9)20/h1-7,20-21H,8H2,(H,18,22). The molecule has 0 aliphatic heterocycles. The van der Waals surface area contributed by atoms with Gasteiger partial charge in [-0.15, -0.1) is 0 Å². The van der Waals surface area contributed by atoms with Crippen LogP contribution in [0.3, 0.4) is 0 Å². The molecular weight excluding hydrogens is 445 g/mol. The second kappa shape index (κ2) is 8.28. The molecular formula is C15H12IN3O6. The summed E-state index contributed by atoms with van der Waals surface area (Å²) in [5, 5.41) is 33.3. The van der Waals surface area contributed by atoms with Gasteiger partial charge in [-0.2, -0.15) is 5.10 Å². The van der Waals surface area contributed by atoms with Crippen molar-refractivity contribution in [3.8, 4) is 17.2 Å². The van der Waals surface area contributed by atoms with Crippen molar-refractivity contribution >= 4 is 40.4 Å². The maximum Gasteiger partial charge on any atom is 0.311 e. The minimum absolute atomic E-state index is 0.0386. The fourth-order valence-corrected chi connectivity index (χ4v) is 2.08. The zero-order valence-corrected chi connectivity index (χ0v) is 14.7. The van der Waals surface area contributed by atoms with E-state index in [9.17, 15) is 25.1 Å². The summed E-state index contributed by atoms with van der Waals surface area (Å²) in [6, 6.07) is 8.83. The van der Waals surface area contributed by atoms with E-state index in [2.05, 4.69) is 33.1 Å². The highest BCUT2D eigenvalue weighted by molar-refractivity contribution is 14.1. The van der Waals surface area contributed by atoms with Crippen LogP contribution in [0.4, 0.5) is 5.69 Å². The van der Waals surface area contributed by atoms with Gasteiger partial charge in [0, 0.05) is 21.3 Å². The highest BCUT2D eigenvalue weighted by Gasteiger charge is 2.16. The summed E-state index contributed by atoms with van der Waals surface area (Å²) in [7, 11) is 0. The Labute approximate surface area is 155 Å². The molecule has 9 nitrogen and oxygen atoms in total. The number of nitrogens with zero attached hydrogens (tertiary/aromatic N) is 2. The minimum atomic E-state index is -0.806. The van der Waals surface area contributed by atoms with Crippen molar-refractivity contribution in [2.75, 3.05) is 6.61 Å². The van der Waals surface area contributed by atoms with Crippen LogP contribution in [0.5, 0.6) is 17.2 Å². The predicted octanol–water partition coefficient (Wildman–Crippen LogP) is 2.14. The molecule has 0 aliphatic rings. The molecule has 2 rings (SSSR count). The Kier molecular flexibility index (Phi) is 6.11. The molecule has 1 amide bonds. The number of aromatic hydroxyl groups is 2. The third-order valence-electron chi connectivity index (χ3n) is 2.90. The number of carbonyl (C=O) groups excluding carboxylic acids is 1. The maximum atomic E-state index is 11.6. The van der Waals surface area contributed by atoms with Gasteiger partial charge in [0.1, 0.15) is 11.5 Å². The Morgan fingerprint density at radius 3 is 2.60 bits per heavy atom. The normalized spacial score (nSPS) is 10.6. The molecule has 0 unspecified atom stereocenters. The lowest BCUT2D eigenvalue weighted by Crippen LogP contribution is -2.24. The lowest BCUT2D eigenvalue weighted by atomic mass is 10.2. The van der Waals surface area contributed by atoms with Gasteiger partial charge in [-0.3, -0.25) is 14.9 Å². The summed E-state index contributed by atoms with van der Waals surface area (Å²) >= 11 is 2.14. The Morgan fingerprint density at radius 2 is 1.96 bits per heavy atom. The largest absolute Gasteiger partial charge is 0.507 e. The summed E-state index contributed by atoms with van der Waals surface area (Å²) in [6.45, 7) is -0.278. The molecule has 10 heteroatoms. The average Bonchev–Trinajstić information content (AvgIpc) is 2.56. The number of nitro groups is 1. The number of benzene rings is 2. The molecule has 2 aromatic rings. The summed E-state index contributed by atoms with van der Waals surface area (Å²) in [6.07, 6.45) is 1.02. The van der Waals surface area contributed by atoms with Crippen molar-refractivity contribution in [2.24, 2.45) is 5.10 Å². The number of hydrogen-bond acceptors (Lipinski definition) is 7. The Bertz CT molecular complexity index is 823. The molecule has 130 valence electrons. The number of amides is 1. The van der Waals surface area contributed by atoms with Crippen LogP contribution in [0.2, 0.25) is 0 Å². The molecule has 3 N–H and O–H groups in total. The number of phenols is 2. The van der Waals surface area contributed by atoms with Gasteiger partial charge in [0.25, 0.3) is 5.91 Å². The fraction of sp³-hybridized carbons (Fsp3) is 0.0667. The van der Waals surface area contributed by atoms with Crippen molar-refractivity contribution in [1.82, 2.24) is 5.43 Å². The maximum absolute atomic E-state index is 11.6. The van der Waals surface area contributed by atoms with Gasteiger partial charge < -0.3 is 14.9 Å². The van der Waals surface area contributed by atoms with Gasteiger partial charge in [0.2, 0.25) is 0 Å². The van der Waals surface area contributed by atoms with Gasteiger partial charge in [-0.05, 0) is 46.9 Å². The zero-order chi connectivity index (χ0) is 18.4. The lowest BCUT2D eigenvalue weighted by molar-refractivity contribution is -0.385. The van der Waals surface area contributed by atoms with Crippen molar-refractivity contribution in [3.63, 3.8) is 0 Å². The van der Waals surface area contributed by atoms with E-state index in [-0.39, 0.29) is 12.2 Å². The minimum Gasteiger partial charge on any atom is -0.507 e. The predicted molar refractivity (Wildman–Crippen MR) is 96.8 cm³/mol. The SMILES string of the molecule is O=C(COc1ccc(I)cc1)NN=Cc1cc([N+](=O)[O-])c(O)cc1O. The number of nitro benzene ring substituents is 1. The molecule has 25 heavy (non-hydrogen) atoms. The van der Waals surface area contributed by atoms with Crippen molar-refractivity contribution in [3.05, 3.63) is 55.6 Å². The Balaban J connectivity index is 1.94.